The second-order valence-electron chi connectivity index (χ2n) is 14.5. The number of halogens is 1. The maximum absolute atomic E-state index is 15.0. The minimum absolute atomic E-state index is 0.181. The van der Waals surface area contributed by atoms with Gasteiger partial charge in [0.1, 0.15) is 0 Å². The van der Waals surface area contributed by atoms with Crippen LogP contribution in [0.3, 0.4) is 0 Å². The average Bonchev–Trinajstić information content (AvgIpc) is 3.59. The van der Waals surface area contributed by atoms with E-state index in [1.807, 2.05) is 30.3 Å². The quantitative estimate of drug-likeness (QED) is 0.307. The lowest BCUT2D eigenvalue weighted by Crippen LogP contribution is -2.43. The molecule has 5 fully saturated rings. The van der Waals surface area contributed by atoms with Crippen LogP contribution in [0, 0.1) is 35.4 Å². The standard InChI is InChI=1S/C40H39FN4O7/c41-32-3-1-2-28(36(32)46)33-27-12-13-29-34(39(49)44(37(29)47)25-8-4-23(5-9-25)42-14-18-51-19-15-42)30(27)22-31-35(33)40(50)45(38(31)48)26-10-6-24(7-11-26)43-16-20-52-21-17-43/h1-12,29-31,33-35,46H,13-22H2. The van der Waals surface area contributed by atoms with Crippen molar-refractivity contribution in [3.05, 3.63) is 89.8 Å². The van der Waals surface area contributed by atoms with Crippen molar-refractivity contribution in [3.8, 4) is 5.75 Å². The molecule has 0 bridgehead atoms. The molecule has 1 N–H and O–H groups in total. The molecule has 4 amide bonds. The van der Waals surface area contributed by atoms with Crippen LogP contribution in [0.4, 0.5) is 27.1 Å². The number of carbonyl (C=O) groups excluding carboxylic acids is 4. The van der Waals surface area contributed by atoms with Gasteiger partial charge in [-0.3, -0.25) is 29.0 Å². The Morgan fingerprint density at radius 3 is 1.65 bits per heavy atom. The number of para-hydroxylation sites is 1. The van der Waals surface area contributed by atoms with Crippen molar-refractivity contribution in [3.63, 3.8) is 0 Å². The predicted molar refractivity (Wildman–Crippen MR) is 190 cm³/mol. The number of hydrogen-bond donors (Lipinski definition) is 1. The summed E-state index contributed by atoms with van der Waals surface area (Å²) in [4.78, 5) is 64.1. The van der Waals surface area contributed by atoms with Crippen LogP contribution in [0.2, 0.25) is 0 Å². The number of imide groups is 2. The fraction of sp³-hybridized carbons (Fsp3) is 0.400. The minimum atomic E-state index is -0.922. The van der Waals surface area contributed by atoms with Gasteiger partial charge in [0.2, 0.25) is 23.6 Å². The highest BCUT2D eigenvalue weighted by Crippen LogP contribution is 2.59. The van der Waals surface area contributed by atoms with Crippen molar-refractivity contribution in [2.75, 3.05) is 72.2 Å². The first-order chi connectivity index (χ1) is 25.3. The van der Waals surface area contributed by atoms with Gasteiger partial charge in [-0.05, 0) is 73.4 Å². The van der Waals surface area contributed by atoms with Crippen molar-refractivity contribution < 1.29 is 38.1 Å². The number of aromatic hydroxyl groups is 1. The summed E-state index contributed by atoms with van der Waals surface area (Å²) in [5, 5.41) is 11.1. The second kappa shape index (κ2) is 12.9. The summed E-state index contributed by atoms with van der Waals surface area (Å²) in [5.74, 6) is -7.50. The van der Waals surface area contributed by atoms with Gasteiger partial charge in [0.05, 0.1) is 61.5 Å². The Balaban J connectivity index is 1.06. The Labute approximate surface area is 300 Å². The lowest BCUT2D eigenvalue weighted by atomic mass is 9.57. The second-order valence-corrected chi connectivity index (χ2v) is 14.5. The predicted octanol–water partition coefficient (Wildman–Crippen LogP) is 4.25. The van der Waals surface area contributed by atoms with Gasteiger partial charge in [-0.15, -0.1) is 0 Å². The molecule has 4 saturated heterocycles. The van der Waals surface area contributed by atoms with Gasteiger partial charge in [0, 0.05) is 49.0 Å². The topological polar surface area (TPSA) is 120 Å². The van der Waals surface area contributed by atoms with Gasteiger partial charge in [0.15, 0.2) is 11.6 Å². The normalized spacial score (nSPS) is 28.9. The van der Waals surface area contributed by atoms with E-state index in [4.69, 9.17) is 9.47 Å². The molecule has 1 saturated carbocycles. The number of rotatable bonds is 5. The summed E-state index contributed by atoms with van der Waals surface area (Å²) in [6.45, 7) is 5.49. The maximum atomic E-state index is 15.0. The Bertz CT molecular complexity index is 1970. The van der Waals surface area contributed by atoms with E-state index in [1.54, 1.807) is 30.3 Å². The van der Waals surface area contributed by atoms with Crippen molar-refractivity contribution in [2.24, 2.45) is 29.6 Å². The molecule has 6 unspecified atom stereocenters. The molecule has 11 nitrogen and oxygen atoms in total. The van der Waals surface area contributed by atoms with Gasteiger partial charge in [-0.25, -0.2) is 4.39 Å². The molecular weight excluding hydrogens is 667 g/mol. The third-order valence-corrected chi connectivity index (χ3v) is 12.0. The molecule has 6 aliphatic rings. The number of amides is 4. The van der Waals surface area contributed by atoms with E-state index in [9.17, 15) is 28.7 Å². The van der Waals surface area contributed by atoms with Crippen molar-refractivity contribution in [2.45, 2.75) is 18.8 Å². The van der Waals surface area contributed by atoms with Gasteiger partial charge >= 0.3 is 0 Å². The molecular formula is C40H39FN4O7. The molecule has 3 aromatic carbocycles. The summed E-state index contributed by atoms with van der Waals surface area (Å²) in [7, 11) is 0. The van der Waals surface area contributed by atoms with Gasteiger partial charge < -0.3 is 24.4 Å². The number of fused-ring (bicyclic) bond motifs is 4. The molecule has 0 spiro atoms. The van der Waals surface area contributed by atoms with E-state index < -0.39 is 58.9 Å². The van der Waals surface area contributed by atoms with Gasteiger partial charge in [-0.2, -0.15) is 0 Å². The first-order valence-corrected chi connectivity index (χ1v) is 18.1. The number of anilines is 4. The number of carbonyl (C=O) groups is 4. The van der Waals surface area contributed by atoms with E-state index in [-0.39, 0.29) is 30.2 Å². The Hall–Kier alpha value is -5.07. The molecule has 4 heterocycles. The smallest absolute Gasteiger partial charge is 0.238 e. The van der Waals surface area contributed by atoms with Crippen molar-refractivity contribution in [1.82, 2.24) is 0 Å². The number of phenols is 1. The van der Waals surface area contributed by atoms with Crippen LogP contribution in [0.15, 0.2) is 78.4 Å². The largest absolute Gasteiger partial charge is 0.505 e. The monoisotopic (exact) mass is 706 g/mol. The highest BCUT2D eigenvalue weighted by molar-refractivity contribution is 6.24. The zero-order valence-corrected chi connectivity index (χ0v) is 28.5. The van der Waals surface area contributed by atoms with Crippen molar-refractivity contribution >= 4 is 46.4 Å². The van der Waals surface area contributed by atoms with Crippen LogP contribution >= 0.6 is 0 Å². The number of allylic oxidation sites excluding steroid dienone is 2. The highest BCUT2D eigenvalue weighted by Gasteiger charge is 2.62. The van der Waals surface area contributed by atoms with E-state index >= 15 is 0 Å². The summed E-state index contributed by atoms with van der Waals surface area (Å²) >= 11 is 0. The van der Waals surface area contributed by atoms with E-state index in [2.05, 4.69) is 9.80 Å². The molecule has 6 atom stereocenters. The van der Waals surface area contributed by atoms with E-state index in [1.165, 1.54) is 15.9 Å². The number of phenolic OH excluding ortho intramolecular Hbond substituents is 1. The molecule has 4 aliphatic heterocycles. The summed E-state index contributed by atoms with van der Waals surface area (Å²) in [6.07, 6.45) is 2.33. The number of ether oxygens (including phenoxy) is 2. The van der Waals surface area contributed by atoms with Crippen molar-refractivity contribution in [1.29, 1.82) is 0 Å². The SMILES string of the molecule is O=C1C2CC=C3C(CC4C(=O)N(c5ccc(N6CCOCC6)cc5)C(=O)C4C3c3cccc(F)c3O)C2C(=O)N1c1ccc(N2CCOCC2)cc1. The van der Waals surface area contributed by atoms with Crippen LogP contribution in [-0.2, 0) is 28.7 Å². The number of hydrogen-bond acceptors (Lipinski definition) is 9. The van der Waals surface area contributed by atoms with Crippen LogP contribution in [0.25, 0.3) is 0 Å². The summed E-state index contributed by atoms with van der Waals surface area (Å²) in [5.41, 5.74) is 3.74. The van der Waals surface area contributed by atoms with Crippen LogP contribution in [0.5, 0.6) is 5.75 Å². The van der Waals surface area contributed by atoms with Crippen LogP contribution < -0.4 is 19.6 Å². The highest BCUT2D eigenvalue weighted by atomic mass is 19.1. The Morgan fingerprint density at radius 1 is 0.596 bits per heavy atom. The van der Waals surface area contributed by atoms with Gasteiger partial charge in [-0.1, -0.05) is 23.8 Å². The molecule has 0 radical (unpaired) electrons. The summed E-state index contributed by atoms with van der Waals surface area (Å²) < 4.78 is 25.9. The Kier molecular flexibility index (Phi) is 8.11. The molecule has 12 heteroatoms. The van der Waals surface area contributed by atoms with Crippen LogP contribution in [-0.4, -0.2) is 81.3 Å². The number of benzene rings is 3. The maximum Gasteiger partial charge on any atom is 0.238 e. The molecule has 9 rings (SSSR count). The summed E-state index contributed by atoms with van der Waals surface area (Å²) in [6, 6.07) is 18.9. The third-order valence-electron chi connectivity index (χ3n) is 12.0. The van der Waals surface area contributed by atoms with E-state index in [0.29, 0.717) is 43.4 Å². The lowest BCUT2D eigenvalue weighted by Gasteiger charge is -2.44. The molecule has 268 valence electrons. The number of nitrogens with zero attached hydrogens (tertiary/aromatic N) is 4. The molecule has 2 aliphatic carbocycles. The molecule has 0 aromatic heterocycles. The van der Waals surface area contributed by atoms with E-state index in [0.717, 1.165) is 43.6 Å². The lowest BCUT2D eigenvalue weighted by molar-refractivity contribution is -0.126. The third kappa shape index (κ3) is 5.14. The first-order valence-electron chi connectivity index (χ1n) is 18.1. The minimum Gasteiger partial charge on any atom is -0.505 e. The molecule has 3 aromatic rings. The zero-order chi connectivity index (χ0) is 35.7. The fourth-order valence-electron chi connectivity index (χ4n) is 9.50. The van der Waals surface area contributed by atoms with Crippen LogP contribution in [0.1, 0.15) is 24.3 Å². The molecule has 52 heavy (non-hydrogen) atoms. The fourth-order valence-corrected chi connectivity index (χ4v) is 9.50. The average molecular weight is 707 g/mol. The Morgan fingerprint density at radius 2 is 1.10 bits per heavy atom. The first kappa shape index (κ1) is 32.8. The zero-order valence-electron chi connectivity index (χ0n) is 28.5. The van der Waals surface area contributed by atoms with Gasteiger partial charge in [0.25, 0.3) is 0 Å². The number of morpholine rings is 2.